The van der Waals surface area contributed by atoms with Crippen LogP contribution in [0.2, 0.25) is 5.02 Å². The molecule has 0 saturated heterocycles. The van der Waals surface area contributed by atoms with Crippen LogP contribution in [0, 0.1) is 29.2 Å². The molecule has 2 aromatic rings. The fourth-order valence-electron chi connectivity index (χ4n) is 2.82. The maximum Gasteiger partial charge on any atom is 0.339 e. The molecule has 0 aliphatic heterocycles. The van der Waals surface area contributed by atoms with Crippen molar-refractivity contribution >= 4 is 29.2 Å². The van der Waals surface area contributed by atoms with E-state index < -0.39 is 52.4 Å². The fraction of sp³-hybridized carbons (Fsp3) is 0.333. The van der Waals surface area contributed by atoms with E-state index in [1.54, 1.807) is 0 Å². The van der Waals surface area contributed by atoms with Crippen molar-refractivity contribution in [3.63, 3.8) is 0 Å². The van der Waals surface area contributed by atoms with E-state index in [9.17, 15) is 32.3 Å². The first-order valence-corrected chi connectivity index (χ1v) is 10.1. The van der Waals surface area contributed by atoms with Crippen LogP contribution in [0.25, 0.3) is 0 Å². The zero-order valence-electron chi connectivity index (χ0n) is 16.8. The molecule has 2 aromatic carbocycles. The summed E-state index contributed by atoms with van der Waals surface area (Å²) in [6, 6.07) is 3.65. The van der Waals surface area contributed by atoms with Crippen LogP contribution in [0.1, 0.15) is 33.6 Å². The first-order chi connectivity index (χ1) is 15.6. The van der Waals surface area contributed by atoms with Gasteiger partial charge in [-0.2, -0.15) is 0 Å². The summed E-state index contributed by atoms with van der Waals surface area (Å²) < 4.78 is 65.6. The highest BCUT2D eigenvalue weighted by Gasteiger charge is 2.32. The molecule has 0 heterocycles. The minimum absolute atomic E-state index is 0.0469. The molecule has 3 N–H and O–H groups in total. The lowest BCUT2D eigenvalue weighted by Gasteiger charge is -2.15. The number of carbonyl (C=O) groups excluding carboxylic acids is 1. The zero-order valence-corrected chi connectivity index (χ0v) is 17.6. The van der Waals surface area contributed by atoms with E-state index in [0.717, 1.165) is 18.9 Å². The highest BCUT2D eigenvalue weighted by atomic mass is 35.5. The molecule has 0 spiro atoms. The van der Waals surface area contributed by atoms with Crippen molar-refractivity contribution in [1.29, 1.82) is 0 Å². The smallest absolute Gasteiger partial charge is 0.339 e. The summed E-state index contributed by atoms with van der Waals surface area (Å²) in [7, 11) is 0. The van der Waals surface area contributed by atoms with Gasteiger partial charge in [0.1, 0.15) is 24.0 Å². The highest BCUT2D eigenvalue weighted by molar-refractivity contribution is 6.32. The minimum atomic E-state index is -2.36. The van der Waals surface area contributed by atoms with Gasteiger partial charge in [-0.3, -0.25) is 4.79 Å². The van der Waals surface area contributed by atoms with Gasteiger partial charge in [-0.1, -0.05) is 11.6 Å². The maximum absolute atomic E-state index is 14.1. The van der Waals surface area contributed by atoms with Gasteiger partial charge in [0.05, 0.1) is 17.2 Å². The van der Waals surface area contributed by atoms with Crippen molar-refractivity contribution < 1.29 is 46.8 Å². The van der Waals surface area contributed by atoms with Crippen molar-refractivity contribution in [3.8, 4) is 5.75 Å². The normalized spacial score (nSPS) is 14.1. The number of carbonyl (C=O) groups is 2. The van der Waals surface area contributed by atoms with Crippen LogP contribution >= 0.6 is 11.6 Å². The number of hydrogen-bond donors (Lipinski definition) is 3. The second-order valence-electron chi connectivity index (χ2n) is 7.36. The predicted octanol–water partition coefficient (Wildman–Crippen LogP) is 4.01. The van der Waals surface area contributed by atoms with Gasteiger partial charge in [-0.15, -0.1) is 0 Å². The van der Waals surface area contributed by atoms with E-state index in [1.807, 2.05) is 5.32 Å². The number of benzene rings is 2. The van der Waals surface area contributed by atoms with Gasteiger partial charge < -0.3 is 25.0 Å². The van der Waals surface area contributed by atoms with Crippen molar-refractivity contribution in [2.24, 2.45) is 5.92 Å². The van der Waals surface area contributed by atoms with E-state index in [1.165, 1.54) is 12.1 Å². The van der Waals surface area contributed by atoms with Gasteiger partial charge in [-0.05, 0) is 37.0 Å². The van der Waals surface area contributed by atoms with E-state index in [0.29, 0.717) is 12.5 Å². The van der Waals surface area contributed by atoms with Crippen LogP contribution in [0.4, 0.5) is 23.2 Å². The summed E-state index contributed by atoms with van der Waals surface area (Å²) in [5.41, 5.74) is -3.29. The molecule has 7 nitrogen and oxygen atoms in total. The number of amides is 1. The van der Waals surface area contributed by atoms with Crippen LogP contribution in [0.5, 0.6) is 5.75 Å². The first kappa shape index (κ1) is 24.7. The van der Waals surface area contributed by atoms with E-state index in [-0.39, 0.29) is 29.7 Å². The molecule has 1 amide bonds. The van der Waals surface area contributed by atoms with Gasteiger partial charge in [0.15, 0.2) is 23.3 Å². The average Bonchev–Trinajstić information content (AvgIpc) is 3.58. The van der Waals surface area contributed by atoms with Crippen molar-refractivity contribution in [2.45, 2.75) is 18.9 Å². The Labute approximate surface area is 189 Å². The SMILES string of the molecule is O=C(O)c1c(F)c(F)c(F)c(F)c1C(=O)Nc1ccc(OCC(O)COCC2CC2)c(Cl)c1. The Hall–Kier alpha value is -2.89. The lowest BCUT2D eigenvalue weighted by Crippen LogP contribution is -2.24. The van der Waals surface area contributed by atoms with Crippen LogP contribution in [-0.2, 0) is 4.74 Å². The predicted molar refractivity (Wildman–Crippen MR) is 108 cm³/mol. The number of halogens is 5. The molecule has 0 aromatic heterocycles. The van der Waals surface area contributed by atoms with Gasteiger partial charge in [-0.25, -0.2) is 22.4 Å². The molecule has 1 aliphatic carbocycles. The largest absolute Gasteiger partial charge is 0.489 e. The number of aliphatic hydroxyl groups excluding tert-OH is 1. The lowest BCUT2D eigenvalue weighted by atomic mass is 10.0. The Morgan fingerprint density at radius 2 is 1.70 bits per heavy atom. The third-order valence-corrected chi connectivity index (χ3v) is 4.99. The van der Waals surface area contributed by atoms with Crippen molar-refractivity contribution in [1.82, 2.24) is 0 Å². The summed E-state index contributed by atoms with van der Waals surface area (Å²) in [5, 5.41) is 20.9. The fourth-order valence-corrected chi connectivity index (χ4v) is 3.06. The quantitative estimate of drug-likeness (QED) is 0.263. The molecular formula is C21H18ClF4NO6. The number of nitrogens with one attached hydrogen (secondary N) is 1. The van der Waals surface area contributed by atoms with Crippen LogP contribution in [0.15, 0.2) is 18.2 Å². The summed E-state index contributed by atoms with van der Waals surface area (Å²) in [5.74, 6) is -12.1. The minimum Gasteiger partial charge on any atom is -0.489 e. The highest BCUT2D eigenvalue weighted by Crippen LogP contribution is 2.30. The topological polar surface area (TPSA) is 105 Å². The van der Waals surface area contributed by atoms with Gasteiger partial charge in [0, 0.05) is 12.3 Å². The molecule has 1 saturated carbocycles. The molecule has 1 fully saturated rings. The van der Waals surface area contributed by atoms with E-state index >= 15 is 0 Å². The maximum atomic E-state index is 14.1. The van der Waals surface area contributed by atoms with Gasteiger partial charge in [0.2, 0.25) is 0 Å². The Bertz CT molecular complexity index is 1080. The molecule has 3 rings (SSSR count). The molecule has 1 atom stereocenters. The number of carboxylic acid groups (broad SMARTS) is 1. The number of ether oxygens (including phenoxy) is 2. The Morgan fingerprint density at radius 1 is 1.06 bits per heavy atom. The van der Waals surface area contributed by atoms with Crippen molar-refractivity contribution in [3.05, 3.63) is 57.6 Å². The van der Waals surface area contributed by atoms with Crippen LogP contribution < -0.4 is 10.1 Å². The number of anilines is 1. The molecule has 178 valence electrons. The Balaban J connectivity index is 1.68. The lowest BCUT2D eigenvalue weighted by molar-refractivity contribution is 0.00874. The third-order valence-electron chi connectivity index (χ3n) is 4.69. The summed E-state index contributed by atoms with van der Waals surface area (Å²) >= 11 is 6.05. The second kappa shape index (κ2) is 10.4. The average molecular weight is 492 g/mol. The summed E-state index contributed by atoms with van der Waals surface area (Å²) in [6.45, 7) is 0.500. The van der Waals surface area contributed by atoms with Gasteiger partial charge >= 0.3 is 5.97 Å². The summed E-state index contributed by atoms with van der Waals surface area (Å²) in [4.78, 5) is 23.5. The van der Waals surface area contributed by atoms with Crippen molar-refractivity contribution in [2.75, 3.05) is 25.1 Å². The number of hydrogen-bond acceptors (Lipinski definition) is 5. The molecular weight excluding hydrogens is 474 g/mol. The second-order valence-corrected chi connectivity index (χ2v) is 7.76. The number of carboxylic acids is 1. The Morgan fingerprint density at radius 3 is 2.27 bits per heavy atom. The molecule has 33 heavy (non-hydrogen) atoms. The molecule has 1 aliphatic rings. The standard InChI is InChI=1S/C21H18ClF4NO6/c22-12-5-10(3-4-13(12)33-8-11(28)7-32-6-9-1-2-9)27-20(29)14-15(21(30)31)17(24)19(26)18(25)16(14)23/h3-5,9,11,28H,1-2,6-8H2,(H,27,29)(H,30,31). The number of aromatic carboxylic acids is 1. The number of rotatable bonds is 10. The molecule has 12 heteroatoms. The molecule has 0 radical (unpaired) electrons. The zero-order chi connectivity index (χ0) is 24.3. The molecule has 1 unspecified atom stereocenters. The number of aliphatic hydroxyl groups is 1. The first-order valence-electron chi connectivity index (χ1n) is 9.68. The molecule has 0 bridgehead atoms. The van der Waals surface area contributed by atoms with E-state index in [4.69, 9.17) is 26.2 Å². The monoisotopic (exact) mass is 491 g/mol. The third kappa shape index (κ3) is 5.92. The summed E-state index contributed by atoms with van der Waals surface area (Å²) in [6.07, 6.45) is 1.31. The van der Waals surface area contributed by atoms with Gasteiger partial charge in [0.25, 0.3) is 5.91 Å². The Kier molecular flexibility index (Phi) is 7.77. The van der Waals surface area contributed by atoms with Crippen LogP contribution in [-0.4, -0.2) is 48.0 Å². The van der Waals surface area contributed by atoms with Crippen LogP contribution in [0.3, 0.4) is 0 Å². The van der Waals surface area contributed by atoms with E-state index in [2.05, 4.69) is 0 Å².